The van der Waals surface area contributed by atoms with Gasteiger partial charge in [0.15, 0.2) is 5.76 Å². The van der Waals surface area contributed by atoms with Gasteiger partial charge in [-0.3, -0.25) is 9.78 Å². The molecular formula is C21H18N4O2. The Hall–Kier alpha value is -3.67. The third kappa shape index (κ3) is 4.12. The lowest BCUT2D eigenvalue weighted by Gasteiger charge is -2.07. The average Bonchev–Trinajstić information content (AvgIpc) is 3.41. The predicted molar refractivity (Wildman–Crippen MR) is 101 cm³/mol. The molecule has 0 unspecified atom stereocenters. The molecule has 0 bridgehead atoms. The molecule has 134 valence electrons. The summed E-state index contributed by atoms with van der Waals surface area (Å²) in [5, 5.41) is 2.92. The number of rotatable bonds is 6. The van der Waals surface area contributed by atoms with E-state index in [9.17, 15) is 4.79 Å². The number of carbonyl (C=O) groups excluding carboxylic acids is 1. The van der Waals surface area contributed by atoms with E-state index in [-0.39, 0.29) is 5.91 Å². The standard InChI is InChI=1S/C21H18N4O2/c26-21(18-6-3-16(4-7-18)14-25-10-9-22-15-25)24-13-17-5-8-19(23-12-17)20-2-1-11-27-20/h1-12,15H,13-14H2,(H,24,26). The highest BCUT2D eigenvalue weighted by Crippen LogP contribution is 2.17. The van der Waals surface area contributed by atoms with Gasteiger partial charge in [-0.15, -0.1) is 0 Å². The first-order chi connectivity index (χ1) is 13.3. The molecule has 4 aromatic rings. The molecule has 0 aliphatic heterocycles. The Balaban J connectivity index is 1.33. The molecule has 0 radical (unpaired) electrons. The molecule has 3 aromatic heterocycles. The highest BCUT2D eigenvalue weighted by atomic mass is 16.3. The fourth-order valence-corrected chi connectivity index (χ4v) is 2.74. The van der Waals surface area contributed by atoms with E-state index in [1.807, 2.05) is 59.3 Å². The Morgan fingerprint density at radius 3 is 2.59 bits per heavy atom. The number of imidazole rings is 1. The van der Waals surface area contributed by atoms with Crippen LogP contribution in [0.2, 0.25) is 0 Å². The molecule has 3 heterocycles. The van der Waals surface area contributed by atoms with Crippen molar-refractivity contribution >= 4 is 5.91 Å². The zero-order valence-corrected chi connectivity index (χ0v) is 14.6. The van der Waals surface area contributed by atoms with Crippen LogP contribution in [-0.4, -0.2) is 20.4 Å². The summed E-state index contributed by atoms with van der Waals surface area (Å²) in [6.07, 6.45) is 8.79. The monoisotopic (exact) mass is 358 g/mol. The van der Waals surface area contributed by atoms with E-state index >= 15 is 0 Å². The fraction of sp³-hybridized carbons (Fsp3) is 0.0952. The van der Waals surface area contributed by atoms with Crippen LogP contribution in [0.25, 0.3) is 11.5 Å². The average molecular weight is 358 g/mol. The largest absolute Gasteiger partial charge is 0.463 e. The SMILES string of the molecule is O=C(NCc1ccc(-c2ccco2)nc1)c1ccc(Cn2ccnc2)cc1. The number of nitrogens with one attached hydrogen (secondary N) is 1. The number of aromatic nitrogens is 3. The first kappa shape index (κ1) is 16.8. The van der Waals surface area contributed by atoms with E-state index in [1.54, 1.807) is 25.0 Å². The van der Waals surface area contributed by atoms with Crippen molar-refractivity contribution in [2.24, 2.45) is 0 Å². The number of nitrogens with zero attached hydrogens (tertiary/aromatic N) is 3. The fourth-order valence-electron chi connectivity index (χ4n) is 2.74. The Morgan fingerprint density at radius 2 is 1.93 bits per heavy atom. The van der Waals surface area contributed by atoms with Crippen LogP contribution in [0.1, 0.15) is 21.5 Å². The molecule has 0 aliphatic carbocycles. The number of amides is 1. The summed E-state index contributed by atoms with van der Waals surface area (Å²) in [5.74, 6) is 0.612. The molecule has 6 heteroatoms. The molecule has 0 saturated carbocycles. The first-order valence-corrected chi connectivity index (χ1v) is 8.59. The summed E-state index contributed by atoms with van der Waals surface area (Å²) in [5.41, 5.74) is 3.44. The van der Waals surface area contributed by atoms with Gasteiger partial charge >= 0.3 is 0 Å². The van der Waals surface area contributed by atoms with Crippen LogP contribution < -0.4 is 5.32 Å². The molecule has 4 rings (SSSR count). The van der Waals surface area contributed by atoms with Gasteiger partial charge in [0.1, 0.15) is 5.69 Å². The lowest BCUT2D eigenvalue weighted by atomic mass is 10.1. The minimum atomic E-state index is -0.112. The van der Waals surface area contributed by atoms with Crippen LogP contribution in [0.3, 0.4) is 0 Å². The Bertz CT molecular complexity index is 990. The Morgan fingerprint density at radius 1 is 1.07 bits per heavy atom. The van der Waals surface area contributed by atoms with E-state index in [0.717, 1.165) is 29.1 Å². The van der Waals surface area contributed by atoms with Crippen molar-refractivity contribution in [2.45, 2.75) is 13.1 Å². The summed E-state index contributed by atoms with van der Waals surface area (Å²) in [4.78, 5) is 20.7. The number of hydrogen-bond acceptors (Lipinski definition) is 4. The number of furan rings is 1. The Kier molecular flexibility index (Phi) is 4.78. The molecule has 1 amide bonds. The van der Waals surface area contributed by atoms with E-state index in [1.165, 1.54) is 0 Å². The van der Waals surface area contributed by atoms with Gasteiger partial charge in [0.25, 0.3) is 5.91 Å². The summed E-state index contributed by atoms with van der Waals surface area (Å²) >= 11 is 0. The molecule has 0 fully saturated rings. The second-order valence-electron chi connectivity index (χ2n) is 6.14. The van der Waals surface area contributed by atoms with Gasteiger partial charge < -0.3 is 14.3 Å². The van der Waals surface area contributed by atoms with Gasteiger partial charge in [-0.05, 0) is 41.5 Å². The van der Waals surface area contributed by atoms with E-state index in [0.29, 0.717) is 12.1 Å². The van der Waals surface area contributed by atoms with Crippen molar-refractivity contribution in [3.8, 4) is 11.5 Å². The third-order valence-electron chi connectivity index (χ3n) is 4.19. The quantitative estimate of drug-likeness (QED) is 0.572. The molecule has 0 aliphatic rings. The lowest BCUT2D eigenvalue weighted by Crippen LogP contribution is -2.22. The molecular weight excluding hydrogens is 340 g/mol. The highest BCUT2D eigenvalue weighted by Gasteiger charge is 2.07. The van der Waals surface area contributed by atoms with Gasteiger partial charge in [0.2, 0.25) is 0 Å². The topological polar surface area (TPSA) is 73.0 Å². The maximum atomic E-state index is 12.3. The Labute approximate surface area is 156 Å². The number of benzene rings is 1. The maximum Gasteiger partial charge on any atom is 0.251 e. The van der Waals surface area contributed by atoms with Gasteiger partial charge in [0.05, 0.1) is 12.6 Å². The zero-order chi connectivity index (χ0) is 18.5. The van der Waals surface area contributed by atoms with Crippen LogP contribution in [-0.2, 0) is 13.1 Å². The van der Waals surface area contributed by atoms with Crippen LogP contribution in [0.5, 0.6) is 0 Å². The number of hydrogen-bond donors (Lipinski definition) is 1. The van der Waals surface area contributed by atoms with Gasteiger partial charge in [-0.1, -0.05) is 18.2 Å². The molecule has 0 saturated heterocycles. The van der Waals surface area contributed by atoms with Crippen molar-refractivity contribution in [1.82, 2.24) is 19.9 Å². The molecule has 6 nitrogen and oxygen atoms in total. The third-order valence-corrected chi connectivity index (χ3v) is 4.19. The summed E-state index contributed by atoms with van der Waals surface area (Å²) in [7, 11) is 0. The van der Waals surface area contributed by atoms with E-state index in [2.05, 4.69) is 15.3 Å². The van der Waals surface area contributed by atoms with Crippen molar-refractivity contribution in [3.63, 3.8) is 0 Å². The minimum Gasteiger partial charge on any atom is -0.463 e. The molecule has 1 N–H and O–H groups in total. The number of pyridine rings is 1. The maximum absolute atomic E-state index is 12.3. The molecule has 1 aromatic carbocycles. The van der Waals surface area contributed by atoms with Crippen LogP contribution >= 0.6 is 0 Å². The summed E-state index contributed by atoms with van der Waals surface area (Å²) in [6, 6.07) is 15.1. The first-order valence-electron chi connectivity index (χ1n) is 8.59. The van der Waals surface area contributed by atoms with Crippen LogP contribution in [0.4, 0.5) is 0 Å². The lowest BCUT2D eigenvalue weighted by molar-refractivity contribution is 0.0951. The van der Waals surface area contributed by atoms with Crippen molar-refractivity contribution in [2.75, 3.05) is 0 Å². The predicted octanol–water partition coefficient (Wildman–Crippen LogP) is 3.52. The van der Waals surface area contributed by atoms with E-state index < -0.39 is 0 Å². The number of carbonyl (C=O) groups is 1. The summed E-state index contributed by atoms with van der Waals surface area (Å²) < 4.78 is 7.30. The minimum absolute atomic E-state index is 0.112. The van der Waals surface area contributed by atoms with Crippen LogP contribution in [0, 0.1) is 0 Å². The van der Waals surface area contributed by atoms with Gasteiger partial charge in [0, 0.05) is 37.2 Å². The second kappa shape index (κ2) is 7.70. The van der Waals surface area contributed by atoms with Crippen LogP contribution in [0.15, 0.2) is 84.1 Å². The van der Waals surface area contributed by atoms with Crippen molar-refractivity contribution < 1.29 is 9.21 Å². The van der Waals surface area contributed by atoms with E-state index in [4.69, 9.17) is 4.42 Å². The molecule has 0 spiro atoms. The van der Waals surface area contributed by atoms with Crippen molar-refractivity contribution in [1.29, 1.82) is 0 Å². The summed E-state index contributed by atoms with van der Waals surface area (Å²) in [6.45, 7) is 1.15. The smallest absolute Gasteiger partial charge is 0.251 e. The van der Waals surface area contributed by atoms with Gasteiger partial charge in [-0.2, -0.15) is 0 Å². The van der Waals surface area contributed by atoms with Gasteiger partial charge in [-0.25, -0.2) is 4.98 Å². The zero-order valence-electron chi connectivity index (χ0n) is 14.6. The molecule has 0 atom stereocenters. The highest BCUT2D eigenvalue weighted by molar-refractivity contribution is 5.94. The molecule has 27 heavy (non-hydrogen) atoms. The normalized spacial score (nSPS) is 10.7. The second-order valence-corrected chi connectivity index (χ2v) is 6.14. The van der Waals surface area contributed by atoms with Crippen molar-refractivity contribution in [3.05, 3.63) is 96.4 Å².